The molecular formula is C26H28ClFN2O3S. The van der Waals surface area contributed by atoms with Crippen molar-refractivity contribution in [1.29, 1.82) is 0 Å². The van der Waals surface area contributed by atoms with Crippen molar-refractivity contribution in [3.63, 3.8) is 0 Å². The van der Waals surface area contributed by atoms with E-state index in [-0.39, 0.29) is 23.8 Å². The Balaban J connectivity index is 1.91. The van der Waals surface area contributed by atoms with Crippen molar-refractivity contribution >= 4 is 27.5 Å². The van der Waals surface area contributed by atoms with Crippen LogP contribution < -0.4 is 5.32 Å². The Hall–Kier alpha value is -2.74. The number of hydrogen-bond donors (Lipinski definition) is 1. The van der Waals surface area contributed by atoms with Gasteiger partial charge in [0.25, 0.3) is 0 Å². The number of nitrogens with one attached hydrogen (secondary N) is 1. The lowest BCUT2D eigenvalue weighted by Crippen LogP contribution is -2.41. The summed E-state index contributed by atoms with van der Waals surface area (Å²) in [5, 5.41) is 3.35. The molecule has 0 aliphatic carbocycles. The smallest absolute Gasteiger partial charge is 0.244 e. The lowest BCUT2D eigenvalue weighted by Gasteiger charge is -2.25. The van der Waals surface area contributed by atoms with Crippen LogP contribution in [0.1, 0.15) is 40.8 Å². The van der Waals surface area contributed by atoms with Gasteiger partial charge >= 0.3 is 0 Å². The number of carbonyl (C=O) groups is 1. The van der Waals surface area contributed by atoms with Crippen LogP contribution in [0.25, 0.3) is 0 Å². The summed E-state index contributed by atoms with van der Waals surface area (Å²) in [5.74, 6) is -0.830. The van der Waals surface area contributed by atoms with Gasteiger partial charge in [0.05, 0.1) is 17.5 Å². The number of benzene rings is 3. The van der Waals surface area contributed by atoms with Gasteiger partial charge in [0.1, 0.15) is 5.82 Å². The van der Waals surface area contributed by atoms with Crippen molar-refractivity contribution in [2.24, 2.45) is 0 Å². The van der Waals surface area contributed by atoms with Crippen molar-refractivity contribution in [2.75, 3.05) is 6.54 Å². The minimum Gasteiger partial charge on any atom is -0.348 e. The zero-order valence-electron chi connectivity index (χ0n) is 19.6. The summed E-state index contributed by atoms with van der Waals surface area (Å²) in [7, 11) is -4.00. The number of carbonyl (C=O) groups excluding carboxylic acids is 1. The molecule has 0 heterocycles. The lowest BCUT2D eigenvalue weighted by atomic mass is 10.1. The minimum absolute atomic E-state index is 0.00457. The number of sulfonamides is 1. The molecule has 34 heavy (non-hydrogen) atoms. The van der Waals surface area contributed by atoms with E-state index in [0.29, 0.717) is 27.3 Å². The van der Waals surface area contributed by atoms with Crippen LogP contribution in [-0.2, 0) is 21.4 Å². The molecule has 0 aromatic heterocycles. The van der Waals surface area contributed by atoms with Gasteiger partial charge in [-0.2, -0.15) is 4.31 Å². The zero-order valence-corrected chi connectivity index (χ0v) is 21.2. The molecule has 3 aromatic rings. The molecule has 1 unspecified atom stereocenters. The Labute approximate surface area is 205 Å². The summed E-state index contributed by atoms with van der Waals surface area (Å²) in [6, 6.07) is 15.9. The molecule has 0 fully saturated rings. The maximum atomic E-state index is 13.8. The minimum atomic E-state index is -4.00. The van der Waals surface area contributed by atoms with Gasteiger partial charge in [-0.3, -0.25) is 4.79 Å². The van der Waals surface area contributed by atoms with Gasteiger partial charge in [-0.25, -0.2) is 12.8 Å². The Morgan fingerprint density at radius 2 is 1.56 bits per heavy atom. The van der Waals surface area contributed by atoms with Gasteiger partial charge in [0, 0.05) is 11.6 Å². The molecule has 0 spiro atoms. The Bertz CT molecular complexity index is 1250. The number of amides is 1. The summed E-state index contributed by atoms with van der Waals surface area (Å²) in [6.45, 7) is 6.81. The number of nitrogens with zero attached hydrogens (tertiary/aromatic N) is 1. The van der Waals surface area contributed by atoms with Gasteiger partial charge in [-0.05, 0) is 74.2 Å². The second-order valence-electron chi connectivity index (χ2n) is 8.47. The average molecular weight is 503 g/mol. The third-order valence-corrected chi connectivity index (χ3v) is 7.89. The van der Waals surface area contributed by atoms with Crippen LogP contribution in [0.5, 0.6) is 0 Å². The number of hydrogen-bond acceptors (Lipinski definition) is 3. The van der Waals surface area contributed by atoms with E-state index in [2.05, 4.69) is 5.32 Å². The van der Waals surface area contributed by atoms with Gasteiger partial charge < -0.3 is 5.32 Å². The maximum absolute atomic E-state index is 13.8. The van der Waals surface area contributed by atoms with Gasteiger partial charge in [-0.1, -0.05) is 53.6 Å². The molecule has 5 nitrogen and oxygen atoms in total. The van der Waals surface area contributed by atoms with Crippen LogP contribution in [0.15, 0.2) is 65.6 Å². The second-order valence-corrected chi connectivity index (χ2v) is 10.8. The topological polar surface area (TPSA) is 66.5 Å². The standard InChI is InChI=1S/C26H28ClFN2O3S/c1-17-13-18(2)26(19(3)14-17)34(32,33)30(15-21-5-9-23(27)10-6-21)16-25(31)29-20(4)22-7-11-24(28)12-8-22/h5-14,20H,15-16H2,1-4H3,(H,29,31). The summed E-state index contributed by atoms with van der Waals surface area (Å²) in [6.07, 6.45) is 0. The second kappa shape index (κ2) is 10.7. The first kappa shape index (κ1) is 25.9. The van der Waals surface area contributed by atoms with E-state index < -0.39 is 22.0 Å². The summed E-state index contributed by atoms with van der Waals surface area (Å²) >= 11 is 5.98. The van der Waals surface area contributed by atoms with E-state index in [1.54, 1.807) is 57.2 Å². The highest BCUT2D eigenvalue weighted by Crippen LogP contribution is 2.27. The van der Waals surface area contributed by atoms with Crippen molar-refractivity contribution in [3.8, 4) is 0 Å². The molecule has 3 aromatic carbocycles. The zero-order chi connectivity index (χ0) is 25.0. The third-order valence-electron chi connectivity index (χ3n) is 5.54. The monoisotopic (exact) mass is 502 g/mol. The predicted octanol–water partition coefficient (Wildman–Crippen LogP) is 5.47. The van der Waals surface area contributed by atoms with Gasteiger partial charge in [-0.15, -0.1) is 0 Å². The summed E-state index contributed by atoms with van der Waals surface area (Å²) in [4.78, 5) is 13.1. The van der Waals surface area contributed by atoms with Crippen LogP contribution in [0, 0.1) is 26.6 Å². The molecule has 0 saturated carbocycles. The molecule has 1 N–H and O–H groups in total. The first-order valence-corrected chi connectivity index (χ1v) is 12.7. The Morgan fingerprint density at radius 3 is 2.12 bits per heavy atom. The van der Waals surface area contributed by atoms with E-state index in [1.165, 1.54) is 16.4 Å². The first-order chi connectivity index (χ1) is 16.0. The molecular weight excluding hydrogens is 475 g/mol. The molecule has 8 heteroatoms. The van der Waals surface area contributed by atoms with E-state index in [1.807, 2.05) is 19.1 Å². The molecule has 3 rings (SSSR count). The quantitative estimate of drug-likeness (QED) is 0.444. The Morgan fingerprint density at radius 1 is 1.00 bits per heavy atom. The predicted molar refractivity (Wildman–Crippen MR) is 133 cm³/mol. The van der Waals surface area contributed by atoms with Crippen LogP contribution in [-0.4, -0.2) is 25.2 Å². The molecule has 0 aliphatic rings. The highest BCUT2D eigenvalue weighted by Gasteiger charge is 2.30. The Kier molecular flexibility index (Phi) is 8.13. The number of rotatable bonds is 8. The van der Waals surface area contributed by atoms with Gasteiger partial charge in [0.15, 0.2) is 0 Å². The molecule has 0 radical (unpaired) electrons. The van der Waals surface area contributed by atoms with Gasteiger partial charge in [0.2, 0.25) is 15.9 Å². The molecule has 0 saturated heterocycles. The summed E-state index contributed by atoms with van der Waals surface area (Å²) in [5.41, 5.74) is 3.63. The van der Waals surface area contributed by atoms with Crippen LogP contribution in [0.2, 0.25) is 5.02 Å². The van der Waals surface area contributed by atoms with Crippen molar-refractivity contribution in [2.45, 2.75) is 45.2 Å². The molecule has 0 bridgehead atoms. The van der Waals surface area contributed by atoms with Crippen LogP contribution in [0.4, 0.5) is 4.39 Å². The highest BCUT2D eigenvalue weighted by atomic mass is 35.5. The number of halogens is 2. The SMILES string of the molecule is Cc1cc(C)c(S(=O)(=O)N(CC(=O)NC(C)c2ccc(F)cc2)Cc2ccc(Cl)cc2)c(C)c1. The number of aryl methyl sites for hydroxylation is 3. The first-order valence-electron chi connectivity index (χ1n) is 10.8. The maximum Gasteiger partial charge on any atom is 0.244 e. The fourth-order valence-electron chi connectivity index (χ4n) is 4.00. The molecule has 180 valence electrons. The molecule has 1 atom stereocenters. The fourth-order valence-corrected chi connectivity index (χ4v) is 5.93. The largest absolute Gasteiger partial charge is 0.348 e. The van der Waals surface area contributed by atoms with Crippen LogP contribution >= 0.6 is 11.6 Å². The van der Waals surface area contributed by atoms with E-state index >= 15 is 0 Å². The van der Waals surface area contributed by atoms with E-state index in [9.17, 15) is 17.6 Å². The fraction of sp³-hybridized carbons (Fsp3) is 0.269. The normalized spacial score (nSPS) is 12.6. The highest BCUT2D eigenvalue weighted by molar-refractivity contribution is 7.89. The molecule has 1 amide bonds. The molecule has 0 aliphatic heterocycles. The van der Waals surface area contributed by atoms with Crippen molar-refractivity contribution in [3.05, 3.63) is 99.3 Å². The lowest BCUT2D eigenvalue weighted by molar-refractivity contribution is -0.122. The summed E-state index contributed by atoms with van der Waals surface area (Å²) < 4.78 is 41.9. The van der Waals surface area contributed by atoms with Crippen molar-refractivity contribution < 1.29 is 17.6 Å². The van der Waals surface area contributed by atoms with Crippen LogP contribution in [0.3, 0.4) is 0 Å². The van der Waals surface area contributed by atoms with E-state index in [0.717, 1.165) is 5.56 Å². The van der Waals surface area contributed by atoms with E-state index in [4.69, 9.17) is 11.6 Å². The average Bonchev–Trinajstić information content (AvgIpc) is 2.74. The van der Waals surface area contributed by atoms with Crippen molar-refractivity contribution in [1.82, 2.24) is 9.62 Å². The third kappa shape index (κ3) is 6.23.